The van der Waals surface area contributed by atoms with Gasteiger partial charge in [-0.3, -0.25) is 9.20 Å². The minimum absolute atomic E-state index is 0.0889. The average molecular weight is 266 g/mol. The number of ether oxygens (including phenoxy) is 1. The van der Waals surface area contributed by atoms with Gasteiger partial charge in [-0.2, -0.15) is 0 Å². The first-order chi connectivity index (χ1) is 9.70. The summed E-state index contributed by atoms with van der Waals surface area (Å²) in [5.41, 5.74) is 2.85. The van der Waals surface area contributed by atoms with Gasteiger partial charge in [-0.05, 0) is 31.2 Å². The Morgan fingerprint density at radius 2 is 1.90 bits per heavy atom. The molecule has 0 saturated heterocycles. The van der Waals surface area contributed by atoms with E-state index in [0.717, 1.165) is 11.3 Å². The van der Waals surface area contributed by atoms with E-state index in [1.165, 1.54) is 6.07 Å². The molecule has 0 N–H and O–H groups in total. The number of pyridine rings is 1. The first kappa shape index (κ1) is 12.4. The van der Waals surface area contributed by atoms with E-state index in [9.17, 15) is 4.79 Å². The van der Waals surface area contributed by atoms with E-state index in [1.807, 2.05) is 49.4 Å². The first-order valence-corrected chi connectivity index (χ1v) is 6.33. The van der Waals surface area contributed by atoms with Gasteiger partial charge in [0.15, 0.2) is 0 Å². The van der Waals surface area contributed by atoms with Crippen molar-refractivity contribution in [2.75, 3.05) is 7.11 Å². The average Bonchev–Trinajstić information content (AvgIpc) is 2.47. The quantitative estimate of drug-likeness (QED) is 0.716. The van der Waals surface area contributed by atoms with E-state index < -0.39 is 0 Å². The van der Waals surface area contributed by atoms with Crippen molar-refractivity contribution in [3.8, 4) is 17.0 Å². The van der Waals surface area contributed by atoms with Crippen LogP contribution in [0.4, 0.5) is 0 Å². The molecular weight excluding hydrogens is 252 g/mol. The predicted octanol–water partition coefficient (Wildman–Crippen LogP) is 2.68. The summed E-state index contributed by atoms with van der Waals surface area (Å²) in [6.07, 6.45) is 0. The van der Waals surface area contributed by atoms with Crippen LogP contribution in [0.3, 0.4) is 0 Å². The number of aryl methyl sites for hydroxylation is 1. The number of hydrogen-bond acceptors (Lipinski definition) is 3. The normalized spacial score (nSPS) is 10.7. The third-order valence-corrected chi connectivity index (χ3v) is 3.26. The molecule has 20 heavy (non-hydrogen) atoms. The number of methoxy groups -OCH3 is 1. The van der Waals surface area contributed by atoms with Crippen molar-refractivity contribution in [2.24, 2.45) is 0 Å². The van der Waals surface area contributed by atoms with Gasteiger partial charge in [-0.25, -0.2) is 4.98 Å². The van der Waals surface area contributed by atoms with E-state index in [0.29, 0.717) is 17.1 Å². The lowest BCUT2D eigenvalue weighted by molar-refractivity contribution is 0.416. The number of aromatic nitrogens is 2. The minimum Gasteiger partial charge on any atom is -0.496 e. The number of rotatable bonds is 2. The van der Waals surface area contributed by atoms with Crippen molar-refractivity contribution < 1.29 is 4.74 Å². The maximum atomic E-state index is 12.3. The number of nitrogens with zero attached hydrogens (tertiary/aromatic N) is 2. The molecule has 2 aromatic heterocycles. The van der Waals surface area contributed by atoms with Gasteiger partial charge in [0.2, 0.25) is 0 Å². The smallest absolute Gasteiger partial charge is 0.258 e. The zero-order valence-corrected chi connectivity index (χ0v) is 11.3. The zero-order valence-electron chi connectivity index (χ0n) is 11.3. The molecule has 0 aliphatic rings. The maximum Gasteiger partial charge on any atom is 0.258 e. The first-order valence-electron chi connectivity index (χ1n) is 6.33. The van der Waals surface area contributed by atoms with Crippen LogP contribution in [0.2, 0.25) is 0 Å². The van der Waals surface area contributed by atoms with Gasteiger partial charge in [-0.15, -0.1) is 0 Å². The fraction of sp³-hybridized carbons (Fsp3) is 0.125. The van der Waals surface area contributed by atoms with Gasteiger partial charge in [0, 0.05) is 17.3 Å². The van der Waals surface area contributed by atoms with Gasteiger partial charge in [0.05, 0.1) is 12.8 Å². The van der Waals surface area contributed by atoms with E-state index >= 15 is 0 Å². The molecule has 0 bridgehead atoms. The van der Waals surface area contributed by atoms with Gasteiger partial charge < -0.3 is 4.74 Å². The van der Waals surface area contributed by atoms with E-state index in [-0.39, 0.29) is 5.56 Å². The largest absolute Gasteiger partial charge is 0.496 e. The topological polar surface area (TPSA) is 43.6 Å². The highest BCUT2D eigenvalue weighted by molar-refractivity contribution is 5.68. The SMILES string of the molecule is COc1ccccc1-c1cc(=O)n2c(C)cccc2n1. The van der Waals surface area contributed by atoms with Crippen LogP contribution in [-0.4, -0.2) is 16.5 Å². The van der Waals surface area contributed by atoms with Crippen molar-refractivity contribution in [1.82, 2.24) is 9.38 Å². The van der Waals surface area contributed by atoms with Crippen molar-refractivity contribution in [3.63, 3.8) is 0 Å². The summed E-state index contributed by atoms with van der Waals surface area (Å²) in [5, 5.41) is 0. The molecule has 0 saturated carbocycles. The highest BCUT2D eigenvalue weighted by atomic mass is 16.5. The van der Waals surface area contributed by atoms with Gasteiger partial charge in [0.1, 0.15) is 11.4 Å². The van der Waals surface area contributed by atoms with Crippen molar-refractivity contribution in [1.29, 1.82) is 0 Å². The molecule has 0 unspecified atom stereocenters. The molecule has 4 heteroatoms. The lowest BCUT2D eigenvalue weighted by Gasteiger charge is -2.09. The van der Waals surface area contributed by atoms with Crippen LogP contribution >= 0.6 is 0 Å². The highest BCUT2D eigenvalue weighted by Crippen LogP contribution is 2.27. The molecule has 100 valence electrons. The Morgan fingerprint density at radius 1 is 1.10 bits per heavy atom. The molecule has 0 aliphatic carbocycles. The second-order valence-corrected chi connectivity index (χ2v) is 4.54. The lowest BCUT2D eigenvalue weighted by atomic mass is 10.1. The maximum absolute atomic E-state index is 12.3. The van der Waals surface area contributed by atoms with Crippen molar-refractivity contribution in [3.05, 3.63) is 64.6 Å². The highest BCUT2D eigenvalue weighted by Gasteiger charge is 2.09. The van der Waals surface area contributed by atoms with E-state index in [4.69, 9.17) is 4.74 Å². The zero-order chi connectivity index (χ0) is 14.1. The summed E-state index contributed by atoms with van der Waals surface area (Å²) < 4.78 is 6.92. The standard InChI is InChI=1S/C16H14N2O2/c1-11-6-5-9-15-17-13(10-16(19)18(11)15)12-7-3-4-8-14(12)20-2/h3-10H,1-2H3. The second-order valence-electron chi connectivity index (χ2n) is 4.54. The molecule has 0 aliphatic heterocycles. The molecule has 4 nitrogen and oxygen atoms in total. The van der Waals surface area contributed by atoms with Crippen molar-refractivity contribution in [2.45, 2.75) is 6.92 Å². The monoisotopic (exact) mass is 266 g/mol. The molecule has 3 rings (SSSR count). The van der Waals surface area contributed by atoms with Crippen LogP contribution in [0, 0.1) is 6.92 Å². The summed E-state index contributed by atoms with van der Waals surface area (Å²) in [7, 11) is 1.61. The van der Waals surface area contributed by atoms with E-state index in [1.54, 1.807) is 11.5 Å². The Balaban J connectivity index is 2.31. The van der Waals surface area contributed by atoms with Crippen LogP contribution in [0.1, 0.15) is 5.69 Å². The molecule has 0 amide bonds. The Morgan fingerprint density at radius 3 is 2.70 bits per heavy atom. The Kier molecular flexibility index (Phi) is 2.99. The summed E-state index contributed by atoms with van der Waals surface area (Å²) in [6, 6.07) is 14.7. The van der Waals surface area contributed by atoms with Gasteiger partial charge in [0.25, 0.3) is 5.56 Å². The Labute approximate surface area is 116 Å². The lowest BCUT2D eigenvalue weighted by Crippen LogP contribution is -2.16. The second kappa shape index (κ2) is 4.81. The van der Waals surface area contributed by atoms with Crippen LogP contribution in [0.15, 0.2) is 53.3 Å². The fourth-order valence-corrected chi connectivity index (χ4v) is 2.31. The third kappa shape index (κ3) is 1.95. The molecule has 1 aromatic carbocycles. The molecule has 2 heterocycles. The van der Waals surface area contributed by atoms with Crippen molar-refractivity contribution >= 4 is 5.65 Å². The van der Waals surface area contributed by atoms with Crippen LogP contribution in [-0.2, 0) is 0 Å². The van der Waals surface area contributed by atoms with Crippen LogP contribution in [0.25, 0.3) is 16.9 Å². The van der Waals surface area contributed by atoms with Gasteiger partial charge in [-0.1, -0.05) is 18.2 Å². The minimum atomic E-state index is -0.0889. The molecule has 0 atom stereocenters. The molecule has 0 radical (unpaired) electrons. The summed E-state index contributed by atoms with van der Waals surface area (Å²) in [5.74, 6) is 0.705. The molecule has 3 aromatic rings. The summed E-state index contributed by atoms with van der Waals surface area (Å²) in [4.78, 5) is 16.8. The number of fused-ring (bicyclic) bond motifs is 1. The Bertz CT molecular complexity index is 837. The number of benzene rings is 1. The number of hydrogen-bond donors (Lipinski definition) is 0. The van der Waals surface area contributed by atoms with Crippen LogP contribution < -0.4 is 10.3 Å². The predicted molar refractivity (Wildman–Crippen MR) is 78.2 cm³/mol. The molecule has 0 spiro atoms. The van der Waals surface area contributed by atoms with E-state index in [2.05, 4.69) is 4.98 Å². The van der Waals surface area contributed by atoms with Gasteiger partial charge >= 0.3 is 0 Å². The molecule has 0 fully saturated rings. The Hall–Kier alpha value is -2.62. The van der Waals surface area contributed by atoms with Crippen LogP contribution in [0.5, 0.6) is 5.75 Å². The fourth-order valence-electron chi connectivity index (χ4n) is 2.31. The molecular formula is C16H14N2O2. The number of para-hydroxylation sites is 1. The summed E-state index contributed by atoms with van der Waals surface area (Å²) >= 11 is 0. The summed E-state index contributed by atoms with van der Waals surface area (Å²) in [6.45, 7) is 1.89. The third-order valence-electron chi connectivity index (χ3n) is 3.26.